The van der Waals surface area contributed by atoms with Gasteiger partial charge in [-0.25, -0.2) is 0 Å². The largest absolute Gasteiger partial charge is 0.365 e. The third-order valence-corrected chi connectivity index (χ3v) is 6.00. The van der Waals surface area contributed by atoms with Gasteiger partial charge in [0.25, 0.3) is 17.6 Å². The molecule has 8 nitrogen and oxygen atoms in total. The van der Waals surface area contributed by atoms with Gasteiger partial charge in [0.15, 0.2) is 6.04 Å². The molecule has 1 aliphatic rings. The summed E-state index contributed by atoms with van der Waals surface area (Å²) in [6, 6.07) is 9.58. The first-order valence-corrected chi connectivity index (χ1v) is 10.4. The van der Waals surface area contributed by atoms with Crippen molar-refractivity contribution in [3.8, 4) is 0 Å². The molecule has 32 heavy (non-hydrogen) atoms. The van der Waals surface area contributed by atoms with E-state index >= 15 is 4.39 Å². The quantitative estimate of drug-likeness (QED) is 0.468. The van der Waals surface area contributed by atoms with E-state index in [1.807, 2.05) is 24.3 Å². The van der Waals surface area contributed by atoms with E-state index < -0.39 is 23.7 Å². The summed E-state index contributed by atoms with van der Waals surface area (Å²) in [7, 11) is 3.39. The predicted molar refractivity (Wildman–Crippen MR) is 122 cm³/mol. The number of carbonyl (C=O) groups is 2. The molecule has 166 valence electrons. The molecule has 1 fully saturated rings. The van der Waals surface area contributed by atoms with E-state index in [9.17, 15) is 9.59 Å². The Morgan fingerprint density at radius 1 is 1.22 bits per heavy atom. The lowest BCUT2D eigenvalue weighted by atomic mass is 10.1. The lowest BCUT2D eigenvalue weighted by molar-refractivity contribution is -0.122. The van der Waals surface area contributed by atoms with Gasteiger partial charge in [0.05, 0.1) is 25.2 Å². The molecule has 1 unspecified atom stereocenters. The van der Waals surface area contributed by atoms with Crippen LogP contribution in [0.4, 0.5) is 21.7 Å². The molecule has 1 atom stereocenters. The topological polar surface area (TPSA) is 124 Å². The van der Waals surface area contributed by atoms with E-state index in [1.165, 1.54) is 0 Å². The van der Waals surface area contributed by atoms with E-state index in [-0.39, 0.29) is 21.7 Å². The molecule has 1 saturated carbocycles. The number of primary amides is 2. The molecular weight excluding hydrogens is 411 g/mol. The fourth-order valence-corrected chi connectivity index (χ4v) is 3.97. The van der Waals surface area contributed by atoms with Gasteiger partial charge in [-0.1, -0.05) is 6.07 Å². The van der Waals surface area contributed by atoms with Crippen LogP contribution >= 0.6 is 0 Å². The number of nitrogens with one attached hydrogen (secondary N) is 1. The molecule has 0 saturated heterocycles. The first-order valence-electron chi connectivity index (χ1n) is 10.4. The zero-order chi connectivity index (χ0) is 23.0. The highest BCUT2D eigenvalue weighted by Gasteiger charge is 2.42. The van der Waals surface area contributed by atoms with E-state index in [0.717, 1.165) is 29.8 Å². The Hall–Kier alpha value is -3.59. The molecule has 2 aromatic heterocycles. The Morgan fingerprint density at radius 2 is 1.97 bits per heavy atom. The molecule has 1 aliphatic carbocycles. The van der Waals surface area contributed by atoms with Crippen molar-refractivity contribution in [2.75, 3.05) is 19.4 Å². The number of hydrogen-bond acceptors (Lipinski definition) is 5. The summed E-state index contributed by atoms with van der Waals surface area (Å²) in [5.41, 5.74) is 12.5. The number of hydrogen-bond donors (Lipinski definition) is 3. The summed E-state index contributed by atoms with van der Waals surface area (Å²) in [6.07, 6.45) is 4.32. The number of anilines is 2. The van der Waals surface area contributed by atoms with Crippen LogP contribution in [0.3, 0.4) is 0 Å². The van der Waals surface area contributed by atoms with Crippen LogP contribution in [-0.4, -0.2) is 41.9 Å². The number of halogens is 1. The lowest BCUT2D eigenvalue weighted by Gasteiger charge is -2.35. The van der Waals surface area contributed by atoms with Crippen LogP contribution in [0.25, 0.3) is 10.9 Å². The molecule has 5 N–H and O–H groups in total. The van der Waals surface area contributed by atoms with Crippen molar-refractivity contribution in [2.45, 2.75) is 25.3 Å². The first-order chi connectivity index (χ1) is 15.2. The highest BCUT2D eigenvalue weighted by molar-refractivity contribution is 5.99. The molecule has 2 amide bonds. The maximum atomic E-state index is 15.1. The number of nitrogens with two attached hydrogens (primary N) is 2. The molecule has 0 radical (unpaired) electrons. The number of likely N-dealkylation sites (N-methyl/N-ethyl adjacent to an activating group) is 1. The number of pyridine rings is 2. The minimum Gasteiger partial charge on any atom is -0.365 e. The summed E-state index contributed by atoms with van der Waals surface area (Å²) >= 11 is 0. The van der Waals surface area contributed by atoms with Crippen LogP contribution in [-0.2, 0) is 4.79 Å². The fourth-order valence-electron chi connectivity index (χ4n) is 3.97. The number of rotatable bonds is 8. The van der Waals surface area contributed by atoms with Crippen LogP contribution in [0.15, 0.2) is 42.6 Å². The third kappa shape index (κ3) is 4.24. The second-order valence-corrected chi connectivity index (χ2v) is 8.73. The van der Waals surface area contributed by atoms with Crippen molar-refractivity contribution in [3.63, 3.8) is 0 Å². The van der Waals surface area contributed by atoms with E-state index in [4.69, 9.17) is 11.5 Å². The normalized spacial score (nSPS) is 14.8. The lowest BCUT2D eigenvalue weighted by Crippen LogP contribution is -2.57. The Morgan fingerprint density at radius 3 is 2.62 bits per heavy atom. The van der Waals surface area contributed by atoms with Crippen LogP contribution in [0.5, 0.6) is 0 Å². The zero-order valence-electron chi connectivity index (χ0n) is 18.0. The zero-order valence-corrected chi connectivity index (χ0v) is 18.0. The minimum absolute atomic E-state index is 0.00408. The number of aromatic nitrogens is 2. The van der Waals surface area contributed by atoms with Crippen LogP contribution in [0.1, 0.15) is 29.6 Å². The molecule has 2 heterocycles. The summed E-state index contributed by atoms with van der Waals surface area (Å²) in [5, 5.41) is 3.96. The monoisotopic (exact) mass is 437 g/mol. The smallest absolute Gasteiger partial charge is 0.276 e. The minimum atomic E-state index is -0.817. The van der Waals surface area contributed by atoms with Crippen LogP contribution in [0, 0.1) is 11.7 Å². The van der Waals surface area contributed by atoms with Crippen molar-refractivity contribution in [1.29, 1.82) is 0 Å². The van der Waals surface area contributed by atoms with E-state index in [2.05, 4.69) is 15.3 Å². The number of benzene rings is 1. The summed E-state index contributed by atoms with van der Waals surface area (Å²) in [5.74, 6) is -1.54. The van der Waals surface area contributed by atoms with Gasteiger partial charge in [-0.2, -0.15) is 9.37 Å². The van der Waals surface area contributed by atoms with Gasteiger partial charge in [-0.15, -0.1) is 0 Å². The molecule has 4 rings (SSSR count). The number of amides is 2. The van der Waals surface area contributed by atoms with E-state index in [1.54, 1.807) is 26.4 Å². The molecule has 3 aromatic rings. The number of quaternary nitrogens is 1. The summed E-state index contributed by atoms with van der Waals surface area (Å²) in [6.45, 7) is 0. The molecule has 0 bridgehead atoms. The van der Waals surface area contributed by atoms with Crippen molar-refractivity contribution < 1.29 is 14.0 Å². The second-order valence-electron chi connectivity index (χ2n) is 8.73. The van der Waals surface area contributed by atoms with Crippen molar-refractivity contribution in [3.05, 3.63) is 54.0 Å². The maximum absolute atomic E-state index is 15.1. The van der Waals surface area contributed by atoms with Gasteiger partial charge >= 0.3 is 0 Å². The molecule has 0 aliphatic heterocycles. The maximum Gasteiger partial charge on any atom is 0.276 e. The van der Waals surface area contributed by atoms with Crippen LogP contribution < -0.4 is 21.3 Å². The van der Waals surface area contributed by atoms with Gasteiger partial charge in [-0.3, -0.25) is 19.1 Å². The predicted octanol–water partition coefficient (Wildman–Crippen LogP) is 2.83. The average Bonchev–Trinajstić information content (AvgIpc) is 3.56. The number of nitrogens with zero attached hydrogens (tertiary/aromatic N) is 3. The highest BCUT2D eigenvalue weighted by atomic mass is 19.1. The van der Waals surface area contributed by atoms with Crippen molar-refractivity contribution in [1.82, 2.24) is 14.5 Å². The van der Waals surface area contributed by atoms with Gasteiger partial charge in [0.2, 0.25) is 5.82 Å². The van der Waals surface area contributed by atoms with E-state index in [0.29, 0.717) is 18.0 Å². The Labute approximate surface area is 185 Å². The average molecular weight is 437 g/mol. The van der Waals surface area contributed by atoms with Crippen molar-refractivity contribution in [2.24, 2.45) is 17.4 Å². The Kier molecular flexibility index (Phi) is 5.52. The van der Waals surface area contributed by atoms with Gasteiger partial charge in [0.1, 0.15) is 5.82 Å². The molecular formula is C23H26FN6O2+. The highest BCUT2D eigenvalue weighted by Crippen LogP contribution is 2.38. The van der Waals surface area contributed by atoms with Gasteiger partial charge in [0, 0.05) is 23.7 Å². The summed E-state index contributed by atoms with van der Waals surface area (Å²) < 4.78 is 15.0. The number of fused-ring (bicyclic) bond motifs is 1. The number of carbonyl (C=O) groups excluding carboxylic acids is 2. The Balaban J connectivity index is 1.76. The SMILES string of the molecule is C[N+](C)(c1nc(Nc2ccc3ncccc3c2)c(C(N)=O)cc1F)C(CC1CC1)C(N)=O. The van der Waals surface area contributed by atoms with Gasteiger partial charge in [-0.05, 0) is 49.1 Å². The molecule has 9 heteroatoms. The standard InChI is InChI=1S/C23H25FN6O2/c1-30(2,19(21(26)32)10-13-5-6-13)23-17(24)12-16(20(25)31)22(29-23)28-15-7-8-18-14(11-15)4-3-9-27-18/h3-4,7-9,11-13,19H,5-6,10H2,1-2H3,(H4-,25,26,28,29,31,32)/p+1. The summed E-state index contributed by atoms with van der Waals surface area (Å²) in [4.78, 5) is 33.0. The Bertz CT molecular complexity index is 1210. The van der Waals surface area contributed by atoms with Crippen LogP contribution in [0.2, 0.25) is 0 Å². The second kappa shape index (κ2) is 8.16. The van der Waals surface area contributed by atoms with Gasteiger partial charge < -0.3 is 16.8 Å². The first kappa shape index (κ1) is 21.6. The van der Waals surface area contributed by atoms with Crippen molar-refractivity contribution >= 4 is 40.0 Å². The molecule has 0 spiro atoms. The third-order valence-electron chi connectivity index (χ3n) is 6.00. The molecule has 1 aromatic carbocycles. The fraction of sp³-hybridized carbons (Fsp3) is 0.304.